The quantitative estimate of drug-likeness (QED) is 0.340. The van der Waals surface area contributed by atoms with Gasteiger partial charge >= 0.3 is 0 Å². The van der Waals surface area contributed by atoms with E-state index in [1.54, 1.807) is 13.8 Å². The molecule has 2 heteroatoms. The lowest BCUT2D eigenvalue weighted by Crippen LogP contribution is -2.62. The molecule has 0 aliphatic carbocycles. The minimum absolute atomic E-state index is 0.287. The lowest BCUT2D eigenvalue weighted by atomic mass is 10.4. The van der Waals surface area contributed by atoms with Crippen molar-refractivity contribution in [3.63, 3.8) is 0 Å². The third-order valence-corrected chi connectivity index (χ3v) is 0.808. The first-order chi connectivity index (χ1) is 3.18. The zero-order valence-corrected chi connectivity index (χ0v) is 4.65. The van der Waals surface area contributed by atoms with E-state index in [4.69, 9.17) is 5.11 Å². The summed E-state index contributed by atoms with van der Waals surface area (Å²) in [7, 11) is 0. The molecule has 7 heavy (non-hydrogen) atoms. The highest BCUT2D eigenvalue weighted by Gasteiger charge is 1.91. The molecular formula is C5H10NO+. The average Bonchev–Trinajstić information content (AvgIpc) is 1.65. The average molecular weight is 100 g/mol. The van der Waals surface area contributed by atoms with Crippen molar-refractivity contribution in [2.24, 2.45) is 0 Å². The lowest BCUT2D eigenvalue weighted by molar-refractivity contribution is -0.389. The largest absolute Gasteiger partial charge is 0.506 e. The van der Waals surface area contributed by atoms with Gasteiger partial charge in [-0.1, -0.05) is 0 Å². The monoisotopic (exact) mass is 100 g/mol. The van der Waals surface area contributed by atoms with E-state index in [9.17, 15) is 0 Å². The van der Waals surface area contributed by atoms with Gasteiger partial charge in [0.2, 0.25) is 5.70 Å². The summed E-state index contributed by atoms with van der Waals surface area (Å²) in [5.74, 6) is 0.287. The molecule has 0 aliphatic heterocycles. The van der Waals surface area contributed by atoms with E-state index in [2.05, 4.69) is 11.7 Å². The number of allylic oxidation sites excluding steroid dienone is 2. The van der Waals surface area contributed by atoms with Crippen LogP contribution in [-0.2, 0) is 0 Å². The lowest BCUT2D eigenvalue weighted by Gasteiger charge is -1.82. The van der Waals surface area contributed by atoms with E-state index >= 15 is 0 Å². The van der Waals surface area contributed by atoms with Crippen molar-refractivity contribution in [2.75, 3.05) is 0 Å². The minimum atomic E-state index is 0.287. The first kappa shape index (κ1) is 6.21. The van der Waals surface area contributed by atoms with Gasteiger partial charge in [0.1, 0.15) is 6.72 Å². The standard InChI is InChI=1S/C5H9NO/c1-4(6-3)5(2)7/h7H,3H2,1-2H3/p+1/b5-4-. The molecule has 0 bridgehead atoms. The zero-order chi connectivity index (χ0) is 5.86. The van der Waals surface area contributed by atoms with Crippen LogP contribution in [-0.4, -0.2) is 11.8 Å². The second-order valence-electron chi connectivity index (χ2n) is 1.39. The maximum absolute atomic E-state index is 8.60. The van der Waals surface area contributed by atoms with Gasteiger partial charge in [-0.25, -0.2) is 4.99 Å². The zero-order valence-electron chi connectivity index (χ0n) is 4.65. The molecule has 2 nitrogen and oxygen atoms in total. The molecule has 2 N–H and O–H groups in total. The second-order valence-corrected chi connectivity index (χ2v) is 1.39. The maximum atomic E-state index is 8.60. The van der Waals surface area contributed by atoms with E-state index in [-0.39, 0.29) is 5.76 Å². The summed E-state index contributed by atoms with van der Waals surface area (Å²) in [6, 6.07) is 0. The Kier molecular flexibility index (Phi) is 2.12. The van der Waals surface area contributed by atoms with Gasteiger partial charge in [0.15, 0.2) is 5.76 Å². The van der Waals surface area contributed by atoms with E-state index < -0.39 is 0 Å². The van der Waals surface area contributed by atoms with Crippen LogP contribution in [0.15, 0.2) is 11.5 Å². The van der Waals surface area contributed by atoms with Crippen LogP contribution in [0.25, 0.3) is 0 Å². The van der Waals surface area contributed by atoms with Crippen LogP contribution in [0.3, 0.4) is 0 Å². The highest BCUT2D eigenvalue weighted by atomic mass is 16.3. The Balaban J connectivity index is 3.98. The molecule has 0 saturated heterocycles. The smallest absolute Gasteiger partial charge is 0.213 e. The third kappa shape index (κ3) is 1.98. The van der Waals surface area contributed by atoms with Gasteiger partial charge < -0.3 is 5.11 Å². The molecule has 0 aromatic carbocycles. The fourth-order valence-corrected chi connectivity index (χ4v) is 0.128. The minimum Gasteiger partial charge on any atom is -0.506 e. The van der Waals surface area contributed by atoms with E-state index in [0.717, 1.165) is 0 Å². The fraction of sp³-hybridized carbons (Fsp3) is 0.400. The SMILES string of the molecule is C=[NH+]/C(C)=C(/C)O. The summed E-state index contributed by atoms with van der Waals surface area (Å²) in [5.41, 5.74) is 0.708. The van der Waals surface area contributed by atoms with Crippen LogP contribution in [0.4, 0.5) is 0 Å². The Morgan fingerprint density at radius 3 is 2.00 bits per heavy atom. The summed E-state index contributed by atoms with van der Waals surface area (Å²) in [5, 5.41) is 8.60. The first-order valence-electron chi connectivity index (χ1n) is 2.08. The molecule has 0 rings (SSSR count). The molecule has 0 aliphatic rings. The number of aliphatic hydroxyl groups excluding tert-OH is 1. The van der Waals surface area contributed by atoms with Gasteiger partial charge in [0.05, 0.1) is 0 Å². The van der Waals surface area contributed by atoms with Crippen molar-refractivity contribution in [1.29, 1.82) is 0 Å². The summed E-state index contributed by atoms with van der Waals surface area (Å²) in [6.07, 6.45) is 0. The Hall–Kier alpha value is -0.790. The molecule has 0 radical (unpaired) electrons. The van der Waals surface area contributed by atoms with Crippen molar-refractivity contribution in [1.82, 2.24) is 0 Å². The molecule has 0 aromatic rings. The van der Waals surface area contributed by atoms with Crippen LogP contribution < -0.4 is 4.99 Å². The first-order valence-corrected chi connectivity index (χ1v) is 2.08. The topological polar surface area (TPSA) is 34.2 Å². The van der Waals surface area contributed by atoms with Gasteiger partial charge in [0, 0.05) is 6.92 Å². The van der Waals surface area contributed by atoms with Crippen LogP contribution in [0, 0.1) is 0 Å². The number of hydrogen-bond acceptors (Lipinski definition) is 1. The molecule has 0 aromatic heterocycles. The van der Waals surface area contributed by atoms with Crippen molar-refractivity contribution in [2.45, 2.75) is 13.8 Å². The Bertz CT molecular complexity index is 101. The molecule has 0 saturated carbocycles. The Labute approximate surface area is 43.2 Å². The molecule has 0 unspecified atom stereocenters. The molecule has 0 atom stereocenters. The molecule has 0 amide bonds. The second kappa shape index (κ2) is 2.39. The molecule has 0 spiro atoms. The summed E-state index contributed by atoms with van der Waals surface area (Å²) < 4.78 is 0. The third-order valence-electron chi connectivity index (χ3n) is 0.808. The predicted octanol–water partition coefficient (Wildman–Crippen LogP) is -0.423. The van der Waals surface area contributed by atoms with E-state index in [1.165, 1.54) is 0 Å². The molecule has 0 fully saturated rings. The van der Waals surface area contributed by atoms with Gasteiger partial charge in [-0.3, -0.25) is 0 Å². The molecular weight excluding hydrogens is 90.1 g/mol. The number of rotatable bonds is 1. The van der Waals surface area contributed by atoms with E-state index in [0.29, 0.717) is 5.70 Å². The molecule has 0 heterocycles. The van der Waals surface area contributed by atoms with Gasteiger partial charge in [-0.15, -0.1) is 0 Å². The summed E-state index contributed by atoms with van der Waals surface area (Å²) in [6.45, 7) is 6.70. The number of aliphatic hydroxyl groups is 1. The summed E-state index contributed by atoms with van der Waals surface area (Å²) in [4.78, 5) is 2.54. The normalized spacial score (nSPS) is 12.9. The van der Waals surface area contributed by atoms with Crippen LogP contribution in [0.2, 0.25) is 0 Å². The molecule has 40 valence electrons. The van der Waals surface area contributed by atoms with Crippen molar-refractivity contribution < 1.29 is 10.1 Å². The Morgan fingerprint density at radius 2 is 2.00 bits per heavy atom. The predicted molar refractivity (Wildman–Crippen MR) is 29.1 cm³/mol. The van der Waals surface area contributed by atoms with Crippen molar-refractivity contribution >= 4 is 6.72 Å². The number of nitrogens with one attached hydrogen (secondary N) is 1. The fourth-order valence-electron chi connectivity index (χ4n) is 0.128. The van der Waals surface area contributed by atoms with Gasteiger partial charge in [-0.05, 0) is 6.92 Å². The van der Waals surface area contributed by atoms with Crippen LogP contribution in [0.5, 0.6) is 0 Å². The highest BCUT2D eigenvalue weighted by molar-refractivity contribution is 5.14. The van der Waals surface area contributed by atoms with Crippen molar-refractivity contribution in [3.05, 3.63) is 11.5 Å². The summed E-state index contributed by atoms with van der Waals surface area (Å²) >= 11 is 0. The maximum Gasteiger partial charge on any atom is 0.213 e. The highest BCUT2D eigenvalue weighted by Crippen LogP contribution is 1.84. The van der Waals surface area contributed by atoms with Crippen LogP contribution in [0.1, 0.15) is 13.8 Å². The van der Waals surface area contributed by atoms with Gasteiger partial charge in [-0.2, -0.15) is 0 Å². The Morgan fingerprint density at radius 1 is 1.57 bits per heavy atom. The van der Waals surface area contributed by atoms with Gasteiger partial charge in [0.25, 0.3) is 0 Å². The van der Waals surface area contributed by atoms with Crippen LogP contribution >= 0.6 is 0 Å². The van der Waals surface area contributed by atoms with E-state index in [1.807, 2.05) is 0 Å². The van der Waals surface area contributed by atoms with Crippen molar-refractivity contribution in [3.8, 4) is 0 Å². The number of hydrogen-bond donors (Lipinski definition) is 2.